The summed E-state index contributed by atoms with van der Waals surface area (Å²) in [7, 11) is 2.12. The molecule has 0 aliphatic carbocycles. The van der Waals surface area contributed by atoms with Gasteiger partial charge in [0.05, 0.1) is 5.56 Å². The van der Waals surface area contributed by atoms with Gasteiger partial charge in [-0.3, -0.25) is 4.79 Å². The van der Waals surface area contributed by atoms with Crippen molar-refractivity contribution >= 4 is 28.4 Å². The summed E-state index contributed by atoms with van der Waals surface area (Å²) in [6.45, 7) is 3.84. The number of anilines is 2. The van der Waals surface area contributed by atoms with E-state index in [4.69, 9.17) is 0 Å². The molecule has 1 amide bonds. The smallest absolute Gasteiger partial charge is 0.258 e. The third-order valence-electron chi connectivity index (χ3n) is 4.56. The molecule has 2 N–H and O–H groups in total. The van der Waals surface area contributed by atoms with Crippen LogP contribution in [0.2, 0.25) is 0 Å². The first-order valence-corrected chi connectivity index (χ1v) is 8.34. The standard InChI is InChI=1S/C18H20N6O/c1-23-6-8-24(9-7-23)17-10-16(20-12-21-17)22-18(25)14-11-19-15-5-3-2-4-13(14)15/h2-5,10-12,19H,6-9H2,1H3,(H,20,21,22,25). The molecule has 0 bridgehead atoms. The zero-order valence-corrected chi connectivity index (χ0v) is 14.1. The number of piperazine rings is 1. The van der Waals surface area contributed by atoms with Crippen LogP contribution < -0.4 is 10.2 Å². The van der Waals surface area contributed by atoms with Gasteiger partial charge in [0.25, 0.3) is 5.91 Å². The number of aromatic amines is 1. The third kappa shape index (κ3) is 3.18. The number of nitrogens with zero attached hydrogens (tertiary/aromatic N) is 4. The van der Waals surface area contributed by atoms with E-state index in [0.29, 0.717) is 11.4 Å². The van der Waals surface area contributed by atoms with Gasteiger partial charge in [-0.1, -0.05) is 18.2 Å². The molecular weight excluding hydrogens is 316 g/mol. The number of nitrogens with one attached hydrogen (secondary N) is 2. The number of carbonyl (C=O) groups excluding carboxylic acids is 1. The fourth-order valence-electron chi connectivity index (χ4n) is 3.07. The fourth-order valence-corrected chi connectivity index (χ4v) is 3.07. The molecule has 3 aromatic rings. The van der Waals surface area contributed by atoms with E-state index in [1.54, 1.807) is 6.20 Å². The number of H-pyrrole nitrogens is 1. The summed E-state index contributed by atoms with van der Waals surface area (Å²) in [6.07, 6.45) is 3.22. The van der Waals surface area contributed by atoms with E-state index in [9.17, 15) is 4.79 Å². The number of amides is 1. The van der Waals surface area contributed by atoms with Crippen molar-refractivity contribution in [3.8, 4) is 0 Å². The van der Waals surface area contributed by atoms with Crippen LogP contribution in [0, 0.1) is 0 Å². The molecule has 2 aromatic heterocycles. The Labute approximate surface area is 145 Å². The highest BCUT2D eigenvalue weighted by Crippen LogP contribution is 2.20. The van der Waals surface area contributed by atoms with Crippen molar-refractivity contribution in [2.24, 2.45) is 0 Å². The largest absolute Gasteiger partial charge is 0.360 e. The van der Waals surface area contributed by atoms with Crippen LogP contribution in [-0.4, -0.2) is 59.0 Å². The van der Waals surface area contributed by atoms with E-state index < -0.39 is 0 Å². The molecule has 1 saturated heterocycles. The summed E-state index contributed by atoms with van der Waals surface area (Å²) in [6, 6.07) is 9.56. The minimum Gasteiger partial charge on any atom is -0.360 e. The van der Waals surface area contributed by atoms with Gasteiger partial charge in [0, 0.05) is 49.3 Å². The predicted molar refractivity (Wildman–Crippen MR) is 98.0 cm³/mol. The second kappa shape index (κ2) is 6.52. The number of hydrogen-bond donors (Lipinski definition) is 2. The lowest BCUT2D eigenvalue weighted by Gasteiger charge is -2.33. The highest BCUT2D eigenvalue weighted by atomic mass is 16.1. The van der Waals surface area contributed by atoms with Crippen molar-refractivity contribution in [3.63, 3.8) is 0 Å². The van der Waals surface area contributed by atoms with Crippen molar-refractivity contribution in [1.82, 2.24) is 19.9 Å². The van der Waals surface area contributed by atoms with E-state index in [2.05, 4.69) is 37.1 Å². The van der Waals surface area contributed by atoms with Crippen LogP contribution in [0.5, 0.6) is 0 Å². The molecule has 7 nitrogen and oxygen atoms in total. The second-order valence-electron chi connectivity index (χ2n) is 6.25. The van der Waals surface area contributed by atoms with Crippen LogP contribution in [-0.2, 0) is 0 Å². The van der Waals surface area contributed by atoms with Gasteiger partial charge in [0.2, 0.25) is 0 Å². The van der Waals surface area contributed by atoms with Crippen LogP contribution in [0.15, 0.2) is 42.9 Å². The number of hydrogen-bond acceptors (Lipinski definition) is 5. The number of likely N-dealkylation sites (N-methyl/N-ethyl adjacent to an activating group) is 1. The highest BCUT2D eigenvalue weighted by Gasteiger charge is 2.17. The molecule has 1 aromatic carbocycles. The van der Waals surface area contributed by atoms with Crippen LogP contribution in [0.3, 0.4) is 0 Å². The van der Waals surface area contributed by atoms with Gasteiger partial charge >= 0.3 is 0 Å². The van der Waals surface area contributed by atoms with Gasteiger partial charge in [0.15, 0.2) is 0 Å². The van der Waals surface area contributed by atoms with Crippen LogP contribution in [0.25, 0.3) is 10.9 Å². The topological polar surface area (TPSA) is 77.1 Å². The number of benzene rings is 1. The molecule has 1 aliphatic heterocycles. The maximum Gasteiger partial charge on any atom is 0.258 e. The first kappa shape index (κ1) is 15.6. The molecule has 128 valence electrons. The lowest BCUT2D eigenvalue weighted by atomic mass is 10.1. The van der Waals surface area contributed by atoms with Gasteiger partial charge < -0.3 is 20.1 Å². The molecule has 0 atom stereocenters. The number of fused-ring (bicyclic) bond motifs is 1. The fraction of sp³-hybridized carbons (Fsp3) is 0.278. The zero-order valence-electron chi connectivity index (χ0n) is 14.1. The van der Waals surface area contributed by atoms with Crippen LogP contribution >= 0.6 is 0 Å². The summed E-state index contributed by atoms with van der Waals surface area (Å²) in [4.78, 5) is 28.8. The average Bonchev–Trinajstić information content (AvgIpc) is 3.07. The quantitative estimate of drug-likeness (QED) is 0.765. The van der Waals surface area contributed by atoms with Crippen molar-refractivity contribution < 1.29 is 4.79 Å². The monoisotopic (exact) mass is 336 g/mol. The maximum atomic E-state index is 12.6. The van der Waals surface area contributed by atoms with Crippen LogP contribution in [0.1, 0.15) is 10.4 Å². The van der Waals surface area contributed by atoms with E-state index in [1.165, 1.54) is 6.33 Å². The number of rotatable bonds is 3. The summed E-state index contributed by atoms with van der Waals surface area (Å²) in [5.74, 6) is 1.18. The summed E-state index contributed by atoms with van der Waals surface area (Å²) in [5, 5.41) is 3.77. The molecule has 1 aliphatic rings. The maximum absolute atomic E-state index is 12.6. The number of para-hydroxylation sites is 1. The van der Waals surface area contributed by atoms with Crippen molar-refractivity contribution in [2.75, 3.05) is 43.4 Å². The summed E-state index contributed by atoms with van der Waals surface area (Å²) in [5.41, 5.74) is 1.55. The Kier molecular flexibility index (Phi) is 4.07. The highest BCUT2D eigenvalue weighted by molar-refractivity contribution is 6.12. The van der Waals surface area contributed by atoms with Gasteiger partial charge in [-0.05, 0) is 13.1 Å². The molecule has 4 rings (SSSR count). The Morgan fingerprint density at radius 3 is 2.80 bits per heavy atom. The molecule has 0 saturated carbocycles. The van der Waals surface area contributed by atoms with Gasteiger partial charge in [-0.15, -0.1) is 0 Å². The molecule has 1 fully saturated rings. The summed E-state index contributed by atoms with van der Waals surface area (Å²) >= 11 is 0. The molecule has 25 heavy (non-hydrogen) atoms. The zero-order chi connectivity index (χ0) is 17.2. The molecular formula is C18H20N6O. The normalized spacial score (nSPS) is 15.5. The van der Waals surface area contributed by atoms with Gasteiger partial charge in [-0.2, -0.15) is 0 Å². The van der Waals surface area contributed by atoms with E-state index in [0.717, 1.165) is 42.9 Å². The Morgan fingerprint density at radius 2 is 1.96 bits per heavy atom. The second-order valence-corrected chi connectivity index (χ2v) is 6.25. The lowest BCUT2D eigenvalue weighted by molar-refractivity contribution is 0.102. The molecule has 7 heteroatoms. The van der Waals surface area contributed by atoms with Gasteiger partial charge in [0.1, 0.15) is 18.0 Å². The molecule has 0 spiro atoms. The Hall–Kier alpha value is -2.93. The lowest BCUT2D eigenvalue weighted by Crippen LogP contribution is -2.44. The minimum atomic E-state index is -0.180. The molecule has 0 radical (unpaired) electrons. The van der Waals surface area contributed by atoms with Crippen molar-refractivity contribution in [1.29, 1.82) is 0 Å². The number of aromatic nitrogens is 3. The van der Waals surface area contributed by atoms with Crippen LogP contribution in [0.4, 0.5) is 11.6 Å². The third-order valence-corrected chi connectivity index (χ3v) is 4.56. The van der Waals surface area contributed by atoms with E-state index in [1.807, 2.05) is 30.3 Å². The van der Waals surface area contributed by atoms with Gasteiger partial charge in [-0.25, -0.2) is 9.97 Å². The first-order chi connectivity index (χ1) is 12.2. The Bertz CT molecular complexity index is 897. The number of carbonyl (C=O) groups is 1. The average molecular weight is 336 g/mol. The van der Waals surface area contributed by atoms with Crippen molar-refractivity contribution in [2.45, 2.75) is 0 Å². The Balaban J connectivity index is 1.53. The van der Waals surface area contributed by atoms with Crippen molar-refractivity contribution in [3.05, 3.63) is 48.4 Å². The molecule has 3 heterocycles. The first-order valence-electron chi connectivity index (χ1n) is 8.34. The minimum absolute atomic E-state index is 0.180. The Morgan fingerprint density at radius 1 is 1.16 bits per heavy atom. The van der Waals surface area contributed by atoms with E-state index >= 15 is 0 Å². The summed E-state index contributed by atoms with van der Waals surface area (Å²) < 4.78 is 0. The predicted octanol–water partition coefficient (Wildman–Crippen LogP) is 1.96. The molecule has 0 unspecified atom stereocenters. The SMILES string of the molecule is CN1CCN(c2cc(NC(=O)c3c[nH]c4ccccc34)ncn2)CC1. The van der Waals surface area contributed by atoms with E-state index in [-0.39, 0.29) is 5.91 Å².